The summed E-state index contributed by atoms with van der Waals surface area (Å²) >= 11 is 0. The number of aromatic nitrogens is 2. The highest BCUT2D eigenvalue weighted by molar-refractivity contribution is 5.74. The van der Waals surface area contributed by atoms with E-state index in [1.54, 1.807) is 6.92 Å². The Kier molecular flexibility index (Phi) is 5.76. The van der Waals surface area contributed by atoms with E-state index in [2.05, 4.69) is 40.4 Å². The third kappa shape index (κ3) is 3.94. The summed E-state index contributed by atoms with van der Waals surface area (Å²) in [6.45, 7) is 6.39. The second kappa shape index (κ2) is 8.70. The Labute approximate surface area is 190 Å². The predicted octanol–water partition coefficient (Wildman–Crippen LogP) is 3.14. The van der Waals surface area contributed by atoms with Gasteiger partial charge in [0.05, 0.1) is 11.7 Å². The van der Waals surface area contributed by atoms with Crippen molar-refractivity contribution in [2.24, 2.45) is 0 Å². The smallest absolute Gasteiger partial charge is 0.220 e. The van der Waals surface area contributed by atoms with Gasteiger partial charge in [-0.3, -0.25) is 9.69 Å². The van der Waals surface area contributed by atoms with Crippen molar-refractivity contribution in [3.05, 3.63) is 46.4 Å². The minimum Gasteiger partial charge on any atom is -0.374 e. The van der Waals surface area contributed by atoms with Crippen LogP contribution in [0.4, 0.5) is 11.5 Å². The molecular formula is C25H34N6O. The lowest BCUT2D eigenvalue weighted by molar-refractivity contribution is -0.129. The van der Waals surface area contributed by atoms with E-state index in [9.17, 15) is 4.79 Å². The summed E-state index contributed by atoms with van der Waals surface area (Å²) in [5.74, 6) is 1.83. The van der Waals surface area contributed by atoms with Crippen molar-refractivity contribution in [3.8, 4) is 0 Å². The quantitative estimate of drug-likeness (QED) is 0.798. The number of amides is 1. The summed E-state index contributed by atoms with van der Waals surface area (Å²) in [7, 11) is 4.12. The van der Waals surface area contributed by atoms with Crippen LogP contribution in [0.2, 0.25) is 0 Å². The minimum atomic E-state index is 0.0107. The standard InChI is InChI=1S/C25H34N6O/c1-17(32)31-12-5-7-23(31)25-27-21-10-13-30(16-20(21)24(26-2)28-25)15-18-8-9-22-19(14-18)6-4-11-29(22)3/h8-9,14,23H,4-7,10-13,15-16H2,1-3H3,(H,26,27,28)/t23-/m1/s1. The first-order valence-corrected chi connectivity index (χ1v) is 11.9. The number of likely N-dealkylation sites (tertiary alicyclic amines) is 1. The molecule has 5 rings (SSSR count). The van der Waals surface area contributed by atoms with Crippen LogP contribution in [0.15, 0.2) is 18.2 Å². The van der Waals surface area contributed by atoms with E-state index in [1.807, 2.05) is 11.9 Å². The van der Waals surface area contributed by atoms with Gasteiger partial charge in [-0.05, 0) is 42.9 Å². The molecule has 1 atom stereocenters. The van der Waals surface area contributed by atoms with E-state index in [0.29, 0.717) is 0 Å². The fourth-order valence-electron chi connectivity index (χ4n) is 5.59. The Bertz CT molecular complexity index is 1000. The van der Waals surface area contributed by atoms with E-state index in [4.69, 9.17) is 9.97 Å². The summed E-state index contributed by atoms with van der Waals surface area (Å²) in [5.41, 5.74) is 6.58. The van der Waals surface area contributed by atoms with Gasteiger partial charge in [0, 0.05) is 71.4 Å². The fourth-order valence-corrected chi connectivity index (χ4v) is 5.59. The van der Waals surface area contributed by atoms with E-state index >= 15 is 0 Å². The topological polar surface area (TPSA) is 64.6 Å². The number of carbonyl (C=O) groups is 1. The Morgan fingerprint density at radius 3 is 2.84 bits per heavy atom. The van der Waals surface area contributed by atoms with Crippen molar-refractivity contribution >= 4 is 17.4 Å². The molecule has 3 aliphatic heterocycles. The number of hydrogen-bond donors (Lipinski definition) is 1. The molecule has 0 bridgehead atoms. The molecule has 2 aromatic rings. The lowest BCUT2D eigenvalue weighted by Gasteiger charge is -2.32. The van der Waals surface area contributed by atoms with Gasteiger partial charge >= 0.3 is 0 Å². The zero-order valence-electron chi connectivity index (χ0n) is 19.5. The number of hydrogen-bond acceptors (Lipinski definition) is 6. The molecule has 3 aliphatic rings. The number of aryl methyl sites for hydroxylation is 1. The Balaban J connectivity index is 1.35. The molecule has 32 heavy (non-hydrogen) atoms. The van der Waals surface area contributed by atoms with Crippen molar-refractivity contribution < 1.29 is 4.79 Å². The molecule has 7 heteroatoms. The molecule has 0 radical (unpaired) electrons. The van der Waals surface area contributed by atoms with Gasteiger partial charge in [0.1, 0.15) is 5.82 Å². The lowest BCUT2D eigenvalue weighted by atomic mass is 9.98. The summed E-state index contributed by atoms with van der Waals surface area (Å²) in [6.07, 6.45) is 5.29. The molecule has 1 amide bonds. The van der Waals surface area contributed by atoms with Gasteiger partial charge < -0.3 is 15.1 Å². The van der Waals surface area contributed by atoms with Gasteiger partial charge in [-0.2, -0.15) is 0 Å². The van der Waals surface area contributed by atoms with Crippen molar-refractivity contribution in [2.45, 2.75) is 58.2 Å². The number of nitrogens with zero attached hydrogens (tertiary/aromatic N) is 5. The van der Waals surface area contributed by atoms with Crippen LogP contribution >= 0.6 is 0 Å². The summed E-state index contributed by atoms with van der Waals surface area (Å²) in [6, 6.07) is 6.98. The molecule has 4 heterocycles. The highest BCUT2D eigenvalue weighted by Gasteiger charge is 2.32. The van der Waals surface area contributed by atoms with E-state index in [1.165, 1.54) is 35.2 Å². The van der Waals surface area contributed by atoms with Gasteiger partial charge in [-0.1, -0.05) is 12.1 Å². The highest BCUT2D eigenvalue weighted by Crippen LogP contribution is 2.33. The molecule has 7 nitrogen and oxygen atoms in total. The monoisotopic (exact) mass is 434 g/mol. The second-order valence-corrected chi connectivity index (χ2v) is 9.42. The SMILES string of the molecule is CNc1nc([C@H]2CCCN2C(C)=O)nc2c1CN(Cc1ccc3c(c1)CCCN3C)CC2. The average molecular weight is 435 g/mol. The largest absolute Gasteiger partial charge is 0.374 e. The molecule has 1 aromatic heterocycles. The maximum absolute atomic E-state index is 12.0. The van der Waals surface area contributed by atoms with Crippen LogP contribution in [0.5, 0.6) is 0 Å². The van der Waals surface area contributed by atoms with Crippen LogP contribution in [-0.2, 0) is 30.7 Å². The molecule has 1 aromatic carbocycles. The van der Waals surface area contributed by atoms with Gasteiger partial charge in [-0.25, -0.2) is 9.97 Å². The third-order valence-electron chi connectivity index (χ3n) is 7.25. The molecule has 0 aliphatic carbocycles. The normalized spacial score (nSPS) is 20.8. The summed E-state index contributed by atoms with van der Waals surface area (Å²) in [5, 5.41) is 3.31. The van der Waals surface area contributed by atoms with Crippen molar-refractivity contribution in [3.63, 3.8) is 0 Å². The number of nitrogens with one attached hydrogen (secondary N) is 1. The van der Waals surface area contributed by atoms with E-state index in [0.717, 1.165) is 69.3 Å². The molecule has 1 N–H and O–H groups in total. The third-order valence-corrected chi connectivity index (χ3v) is 7.25. The number of benzene rings is 1. The van der Waals surface area contributed by atoms with Gasteiger partial charge in [0.2, 0.25) is 5.91 Å². The van der Waals surface area contributed by atoms with Gasteiger partial charge in [0.25, 0.3) is 0 Å². The first-order chi connectivity index (χ1) is 15.5. The van der Waals surface area contributed by atoms with Crippen molar-refractivity contribution in [1.29, 1.82) is 0 Å². The molecule has 0 unspecified atom stereocenters. The Hall–Kier alpha value is -2.67. The molecule has 170 valence electrons. The second-order valence-electron chi connectivity index (χ2n) is 9.42. The first kappa shape index (κ1) is 21.2. The molecular weight excluding hydrogens is 400 g/mol. The van der Waals surface area contributed by atoms with Crippen LogP contribution in [-0.4, -0.2) is 59.4 Å². The maximum Gasteiger partial charge on any atom is 0.220 e. The van der Waals surface area contributed by atoms with Crippen LogP contribution in [0.3, 0.4) is 0 Å². The number of rotatable bonds is 4. The van der Waals surface area contributed by atoms with Crippen LogP contribution in [0, 0.1) is 0 Å². The predicted molar refractivity (Wildman–Crippen MR) is 127 cm³/mol. The van der Waals surface area contributed by atoms with Gasteiger partial charge in [0.15, 0.2) is 5.82 Å². The number of fused-ring (bicyclic) bond motifs is 2. The van der Waals surface area contributed by atoms with Crippen molar-refractivity contribution in [1.82, 2.24) is 19.8 Å². The lowest BCUT2D eigenvalue weighted by Crippen LogP contribution is -2.33. The number of carbonyl (C=O) groups excluding carboxylic acids is 1. The summed E-state index contributed by atoms with van der Waals surface area (Å²) < 4.78 is 0. The molecule has 1 fully saturated rings. The van der Waals surface area contributed by atoms with E-state index in [-0.39, 0.29) is 11.9 Å². The zero-order valence-corrected chi connectivity index (χ0v) is 19.5. The zero-order chi connectivity index (χ0) is 22.2. The van der Waals surface area contributed by atoms with Crippen LogP contribution in [0.25, 0.3) is 0 Å². The highest BCUT2D eigenvalue weighted by atomic mass is 16.2. The average Bonchev–Trinajstić information content (AvgIpc) is 3.29. The molecule has 0 saturated carbocycles. The van der Waals surface area contributed by atoms with Crippen LogP contribution in [0.1, 0.15) is 60.4 Å². The van der Waals surface area contributed by atoms with Crippen molar-refractivity contribution in [2.75, 3.05) is 43.9 Å². The van der Waals surface area contributed by atoms with E-state index < -0.39 is 0 Å². The minimum absolute atomic E-state index is 0.0107. The maximum atomic E-state index is 12.0. The first-order valence-electron chi connectivity index (χ1n) is 11.9. The molecule has 1 saturated heterocycles. The summed E-state index contributed by atoms with van der Waals surface area (Å²) in [4.78, 5) is 28.7. The Morgan fingerprint density at radius 1 is 1.16 bits per heavy atom. The van der Waals surface area contributed by atoms with Gasteiger partial charge in [-0.15, -0.1) is 0 Å². The molecule has 0 spiro atoms. The van der Waals surface area contributed by atoms with Crippen LogP contribution < -0.4 is 10.2 Å². The fraction of sp³-hybridized carbons (Fsp3) is 0.560. The number of anilines is 2. The Morgan fingerprint density at radius 2 is 2.03 bits per heavy atom.